The first kappa shape index (κ1) is 30.8. The van der Waals surface area contributed by atoms with Crippen molar-refractivity contribution in [3.05, 3.63) is 0 Å². The summed E-state index contributed by atoms with van der Waals surface area (Å²) in [6.45, 7) is 4.48. The largest absolute Gasteiger partial charge is 0.394 e. The fourth-order valence-corrected chi connectivity index (χ4v) is 4.85. The summed E-state index contributed by atoms with van der Waals surface area (Å²) in [5.41, 5.74) is 0. The molecule has 1 heterocycles. The summed E-state index contributed by atoms with van der Waals surface area (Å²) in [4.78, 5) is 0. The Bertz CT molecular complexity index is 433. The molecule has 0 aromatic carbocycles. The van der Waals surface area contributed by atoms with E-state index in [9.17, 15) is 20.4 Å². The molecule has 0 aromatic rings. The summed E-state index contributed by atoms with van der Waals surface area (Å²) in [6.07, 6.45) is 16.2. The van der Waals surface area contributed by atoms with Crippen molar-refractivity contribution >= 4 is 0 Å². The highest BCUT2D eigenvalue weighted by Crippen LogP contribution is 2.24. The molecule has 0 amide bonds. The van der Waals surface area contributed by atoms with Crippen LogP contribution in [0.3, 0.4) is 0 Å². The van der Waals surface area contributed by atoms with Gasteiger partial charge in [-0.2, -0.15) is 0 Å². The summed E-state index contributed by atoms with van der Waals surface area (Å²) < 4.78 is 11.1. The molecule has 1 fully saturated rings. The molecule has 1 aliphatic heterocycles. The van der Waals surface area contributed by atoms with E-state index < -0.39 is 37.3 Å². The topological polar surface area (TPSA) is 99.4 Å². The SMILES string of the molecule is CCCCCCCCCCCCCCCC(CCC)CCOC1OC(CO)C(O)C(O)C1O. The zero-order chi connectivity index (χ0) is 24.3. The molecule has 0 saturated carbocycles. The van der Waals surface area contributed by atoms with E-state index in [2.05, 4.69) is 13.8 Å². The van der Waals surface area contributed by atoms with Gasteiger partial charge in [0.05, 0.1) is 13.2 Å². The Kier molecular flexibility index (Phi) is 18.7. The molecule has 33 heavy (non-hydrogen) atoms. The van der Waals surface area contributed by atoms with Crippen molar-refractivity contribution in [2.75, 3.05) is 13.2 Å². The second-order valence-electron chi connectivity index (χ2n) is 10.0. The molecule has 0 bridgehead atoms. The van der Waals surface area contributed by atoms with Crippen molar-refractivity contribution in [2.24, 2.45) is 5.92 Å². The van der Waals surface area contributed by atoms with Crippen LogP contribution in [-0.4, -0.2) is 64.3 Å². The first-order valence-corrected chi connectivity index (χ1v) is 14.0. The third kappa shape index (κ3) is 13.4. The summed E-state index contributed by atoms with van der Waals surface area (Å²) in [6, 6.07) is 0. The van der Waals surface area contributed by atoms with Crippen LogP contribution in [0.15, 0.2) is 0 Å². The first-order valence-electron chi connectivity index (χ1n) is 14.0. The van der Waals surface area contributed by atoms with E-state index >= 15 is 0 Å². The van der Waals surface area contributed by atoms with Gasteiger partial charge in [0.1, 0.15) is 24.4 Å². The molecule has 1 aliphatic rings. The summed E-state index contributed by atoms with van der Waals surface area (Å²) in [7, 11) is 0. The van der Waals surface area contributed by atoms with E-state index in [1.807, 2.05) is 0 Å². The maximum atomic E-state index is 10.1. The van der Waals surface area contributed by atoms with Gasteiger partial charge in [-0.25, -0.2) is 0 Å². The summed E-state index contributed by atoms with van der Waals surface area (Å²) in [5.74, 6) is 0.590. The van der Waals surface area contributed by atoms with Crippen LogP contribution in [0.1, 0.15) is 123 Å². The van der Waals surface area contributed by atoms with Gasteiger partial charge in [-0.3, -0.25) is 0 Å². The van der Waals surface area contributed by atoms with Gasteiger partial charge in [0.25, 0.3) is 0 Å². The number of aliphatic hydroxyl groups is 4. The Morgan fingerprint density at radius 1 is 0.636 bits per heavy atom. The lowest BCUT2D eigenvalue weighted by Crippen LogP contribution is -2.59. The average Bonchev–Trinajstić information content (AvgIpc) is 2.82. The molecule has 6 heteroatoms. The van der Waals surface area contributed by atoms with E-state index in [0.717, 1.165) is 19.3 Å². The second-order valence-corrected chi connectivity index (χ2v) is 10.0. The Balaban J connectivity index is 2.08. The van der Waals surface area contributed by atoms with Gasteiger partial charge in [-0.1, -0.05) is 117 Å². The molecular weight excluding hydrogens is 420 g/mol. The van der Waals surface area contributed by atoms with E-state index in [4.69, 9.17) is 9.47 Å². The summed E-state index contributed by atoms with van der Waals surface area (Å²) >= 11 is 0. The van der Waals surface area contributed by atoms with Crippen molar-refractivity contribution in [2.45, 2.75) is 154 Å². The van der Waals surface area contributed by atoms with Gasteiger partial charge in [0.2, 0.25) is 0 Å². The number of unbranched alkanes of at least 4 members (excludes halogenated alkanes) is 12. The molecule has 0 radical (unpaired) electrons. The van der Waals surface area contributed by atoms with Crippen LogP contribution in [0, 0.1) is 5.92 Å². The van der Waals surface area contributed by atoms with Crippen LogP contribution in [0.4, 0.5) is 0 Å². The fourth-order valence-electron chi connectivity index (χ4n) is 4.85. The van der Waals surface area contributed by atoms with Crippen molar-refractivity contribution in [3.8, 4) is 0 Å². The molecule has 4 N–H and O–H groups in total. The van der Waals surface area contributed by atoms with E-state index in [0.29, 0.717) is 12.5 Å². The van der Waals surface area contributed by atoms with E-state index in [1.165, 1.54) is 89.9 Å². The second kappa shape index (κ2) is 20.0. The number of rotatable bonds is 21. The Labute approximate surface area is 203 Å². The lowest BCUT2D eigenvalue weighted by molar-refractivity contribution is -0.301. The molecular formula is C27H54O6. The molecule has 6 unspecified atom stereocenters. The highest BCUT2D eigenvalue weighted by molar-refractivity contribution is 4.88. The number of hydrogen-bond donors (Lipinski definition) is 4. The molecule has 198 valence electrons. The quantitative estimate of drug-likeness (QED) is 0.173. The van der Waals surface area contributed by atoms with Crippen molar-refractivity contribution in [1.29, 1.82) is 0 Å². The van der Waals surface area contributed by atoms with E-state index in [-0.39, 0.29) is 0 Å². The van der Waals surface area contributed by atoms with Crippen LogP contribution in [0.2, 0.25) is 0 Å². The highest BCUT2D eigenvalue weighted by atomic mass is 16.7. The number of aliphatic hydroxyl groups excluding tert-OH is 4. The Morgan fingerprint density at radius 3 is 1.70 bits per heavy atom. The van der Waals surface area contributed by atoms with Crippen molar-refractivity contribution in [1.82, 2.24) is 0 Å². The van der Waals surface area contributed by atoms with Crippen LogP contribution in [0.25, 0.3) is 0 Å². The minimum absolute atomic E-state index is 0.428. The lowest BCUT2D eigenvalue weighted by atomic mass is 9.93. The molecule has 0 aromatic heterocycles. The van der Waals surface area contributed by atoms with Crippen LogP contribution in [-0.2, 0) is 9.47 Å². The minimum Gasteiger partial charge on any atom is -0.394 e. The average molecular weight is 475 g/mol. The lowest BCUT2D eigenvalue weighted by Gasteiger charge is -2.39. The molecule has 1 saturated heterocycles. The van der Waals surface area contributed by atoms with Gasteiger partial charge in [-0.05, 0) is 12.3 Å². The predicted molar refractivity (Wildman–Crippen MR) is 133 cm³/mol. The standard InChI is InChI=1S/C27H54O6/c1-3-5-6-7-8-9-10-11-12-13-14-15-16-18-22(17-4-2)19-20-32-27-26(31)25(30)24(29)23(21-28)33-27/h22-31H,3-21H2,1-2H3. The molecule has 6 atom stereocenters. The minimum atomic E-state index is -1.38. The molecule has 0 spiro atoms. The fraction of sp³-hybridized carbons (Fsp3) is 1.00. The number of ether oxygens (including phenoxy) is 2. The van der Waals surface area contributed by atoms with Crippen molar-refractivity contribution < 1.29 is 29.9 Å². The maximum absolute atomic E-state index is 10.1. The molecule has 6 nitrogen and oxygen atoms in total. The van der Waals surface area contributed by atoms with Gasteiger partial charge < -0.3 is 29.9 Å². The molecule has 0 aliphatic carbocycles. The van der Waals surface area contributed by atoms with Gasteiger partial charge in [0.15, 0.2) is 6.29 Å². The Morgan fingerprint density at radius 2 is 1.18 bits per heavy atom. The van der Waals surface area contributed by atoms with Gasteiger partial charge >= 0.3 is 0 Å². The smallest absolute Gasteiger partial charge is 0.186 e. The molecule has 1 rings (SSSR count). The van der Waals surface area contributed by atoms with Gasteiger partial charge in [0, 0.05) is 0 Å². The third-order valence-corrected chi connectivity index (χ3v) is 7.07. The third-order valence-electron chi connectivity index (χ3n) is 7.07. The zero-order valence-corrected chi connectivity index (χ0v) is 21.5. The van der Waals surface area contributed by atoms with Crippen LogP contribution < -0.4 is 0 Å². The monoisotopic (exact) mass is 474 g/mol. The van der Waals surface area contributed by atoms with E-state index in [1.54, 1.807) is 0 Å². The maximum Gasteiger partial charge on any atom is 0.186 e. The van der Waals surface area contributed by atoms with Crippen LogP contribution in [0.5, 0.6) is 0 Å². The van der Waals surface area contributed by atoms with Crippen molar-refractivity contribution in [3.63, 3.8) is 0 Å². The first-order chi connectivity index (χ1) is 16.0. The Hall–Kier alpha value is -0.240. The van der Waals surface area contributed by atoms with Crippen LogP contribution >= 0.6 is 0 Å². The zero-order valence-electron chi connectivity index (χ0n) is 21.5. The highest BCUT2D eigenvalue weighted by Gasteiger charge is 2.43. The summed E-state index contributed by atoms with van der Waals surface area (Å²) in [5, 5.41) is 39.1. The van der Waals surface area contributed by atoms with Gasteiger partial charge in [-0.15, -0.1) is 0 Å². The number of hydrogen-bond acceptors (Lipinski definition) is 6. The predicted octanol–water partition coefficient (Wildman–Crippen LogP) is 5.09. The normalized spacial score (nSPS) is 26.5.